The van der Waals surface area contributed by atoms with E-state index in [0.29, 0.717) is 19.0 Å². The van der Waals surface area contributed by atoms with Crippen molar-refractivity contribution < 1.29 is 14.4 Å². The highest BCUT2D eigenvalue weighted by molar-refractivity contribution is 7.99. The molecule has 0 radical (unpaired) electrons. The molecule has 0 fully saturated rings. The van der Waals surface area contributed by atoms with E-state index in [1.54, 1.807) is 7.11 Å². The van der Waals surface area contributed by atoms with Crippen molar-refractivity contribution in [3.63, 3.8) is 0 Å². The first-order valence-corrected chi connectivity index (χ1v) is 4.59. The molecule has 0 aliphatic carbocycles. The Labute approximate surface area is 70.6 Å². The fraction of sp³-hybridized carbons (Fsp3) is 0.833. The van der Waals surface area contributed by atoms with Gasteiger partial charge in [-0.2, -0.15) is 11.8 Å². The monoisotopic (exact) mass is 179 g/mol. The van der Waals surface area contributed by atoms with Crippen LogP contribution in [0.25, 0.3) is 0 Å². The van der Waals surface area contributed by atoms with Gasteiger partial charge in [-0.3, -0.25) is 9.63 Å². The molecule has 0 aromatic rings. The molecule has 0 aromatic heterocycles. The number of hydrogen-bond acceptors (Lipinski definition) is 4. The van der Waals surface area contributed by atoms with Crippen molar-refractivity contribution in [2.75, 3.05) is 32.3 Å². The van der Waals surface area contributed by atoms with E-state index in [2.05, 4.69) is 5.48 Å². The van der Waals surface area contributed by atoms with Crippen LogP contribution in [-0.2, 0) is 14.4 Å². The summed E-state index contributed by atoms with van der Waals surface area (Å²) in [5, 5.41) is 0. The zero-order valence-electron chi connectivity index (χ0n) is 6.75. The molecular weight excluding hydrogens is 166 g/mol. The summed E-state index contributed by atoms with van der Waals surface area (Å²) < 4.78 is 4.70. The number of amides is 1. The molecule has 66 valence electrons. The Balaban J connectivity index is 3.04. The second-order valence-electron chi connectivity index (χ2n) is 1.80. The maximum absolute atomic E-state index is 10.7. The van der Waals surface area contributed by atoms with Crippen LogP contribution in [0.5, 0.6) is 0 Å². The topological polar surface area (TPSA) is 47.6 Å². The predicted molar refractivity (Wildman–Crippen MR) is 44.4 cm³/mol. The van der Waals surface area contributed by atoms with Gasteiger partial charge in [-0.1, -0.05) is 0 Å². The molecule has 0 aliphatic rings. The summed E-state index contributed by atoms with van der Waals surface area (Å²) in [7, 11) is 1.58. The van der Waals surface area contributed by atoms with Gasteiger partial charge in [0.15, 0.2) is 0 Å². The molecule has 0 atom stereocenters. The lowest BCUT2D eigenvalue weighted by Gasteiger charge is -2.03. The van der Waals surface area contributed by atoms with Crippen LogP contribution >= 0.6 is 11.8 Å². The van der Waals surface area contributed by atoms with Crippen molar-refractivity contribution in [2.24, 2.45) is 0 Å². The van der Waals surface area contributed by atoms with E-state index in [1.807, 2.05) is 6.26 Å². The Bertz CT molecular complexity index is 110. The molecule has 5 heteroatoms. The predicted octanol–water partition coefficient (Wildman–Crippen LogP) is 0.0436. The van der Waals surface area contributed by atoms with Gasteiger partial charge in [-0.05, 0) is 6.26 Å². The lowest BCUT2D eigenvalue weighted by Crippen LogP contribution is -2.26. The molecule has 0 spiro atoms. The summed E-state index contributed by atoms with van der Waals surface area (Å²) in [6, 6.07) is 0. The molecule has 0 bridgehead atoms. The van der Waals surface area contributed by atoms with Gasteiger partial charge in [-0.25, -0.2) is 5.48 Å². The van der Waals surface area contributed by atoms with Gasteiger partial charge in [0.2, 0.25) is 0 Å². The second kappa shape index (κ2) is 7.84. The van der Waals surface area contributed by atoms with Crippen molar-refractivity contribution in [1.82, 2.24) is 5.48 Å². The lowest BCUT2D eigenvalue weighted by molar-refractivity contribution is -0.131. The van der Waals surface area contributed by atoms with Crippen molar-refractivity contribution >= 4 is 17.7 Å². The summed E-state index contributed by atoms with van der Waals surface area (Å²) in [6.07, 6.45) is 1.86. The Morgan fingerprint density at radius 3 is 2.82 bits per heavy atom. The van der Waals surface area contributed by atoms with E-state index in [1.165, 1.54) is 11.8 Å². The number of rotatable bonds is 6. The highest BCUT2D eigenvalue weighted by Gasteiger charge is 1.97. The number of thioether (sulfide) groups is 1. The first-order chi connectivity index (χ1) is 5.31. The summed E-state index contributed by atoms with van der Waals surface area (Å²) in [4.78, 5) is 15.5. The largest absolute Gasteiger partial charge is 0.382 e. The molecule has 0 rings (SSSR count). The van der Waals surface area contributed by atoms with Crippen LogP contribution in [0.15, 0.2) is 0 Å². The first-order valence-electron chi connectivity index (χ1n) is 3.19. The van der Waals surface area contributed by atoms with Gasteiger partial charge in [-0.15, -0.1) is 0 Å². The maximum atomic E-state index is 10.7. The Morgan fingerprint density at radius 1 is 1.55 bits per heavy atom. The van der Waals surface area contributed by atoms with Crippen LogP contribution in [0, 0.1) is 0 Å². The number of methoxy groups -OCH3 is 1. The number of hydrogen-bond donors (Lipinski definition) is 1. The molecule has 1 amide bonds. The van der Waals surface area contributed by atoms with Gasteiger partial charge in [0.25, 0.3) is 5.91 Å². The van der Waals surface area contributed by atoms with Gasteiger partial charge in [0, 0.05) is 7.11 Å². The van der Waals surface area contributed by atoms with E-state index >= 15 is 0 Å². The Kier molecular flexibility index (Phi) is 7.66. The number of carbonyl (C=O) groups is 1. The maximum Gasteiger partial charge on any atom is 0.253 e. The first kappa shape index (κ1) is 10.7. The number of nitrogens with one attached hydrogen (secondary N) is 1. The minimum absolute atomic E-state index is 0.117. The molecule has 11 heavy (non-hydrogen) atoms. The third-order valence-electron chi connectivity index (χ3n) is 0.851. The van der Waals surface area contributed by atoms with E-state index in [4.69, 9.17) is 9.57 Å². The molecule has 4 nitrogen and oxygen atoms in total. The van der Waals surface area contributed by atoms with Gasteiger partial charge in [0.05, 0.1) is 19.0 Å². The SMILES string of the molecule is COCCONC(=O)CSC. The average molecular weight is 179 g/mol. The van der Waals surface area contributed by atoms with Crippen LogP contribution in [0.3, 0.4) is 0 Å². The zero-order valence-corrected chi connectivity index (χ0v) is 7.57. The van der Waals surface area contributed by atoms with Crippen molar-refractivity contribution in [3.05, 3.63) is 0 Å². The molecule has 0 saturated carbocycles. The van der Waals surface area contributed by atoms with Crippen LogP contribution in [0.2, 0.25) is 0 Å². The number of ether oxygens (including phenoxy) is 1. The third kappa shape index (κ3) is 7.64. The minimum atomic E-state index is -0.117. The van der Waals surface area contributed by atoms with Gasteiger partial charge >= 0.3 is 0 Å². The Morgan fingerprint density at radius 2 is 2.27 bits per heavy atom. The highest BCUT2D eigenvalue weighted by Crippen LogP contribution is 1.88. The zero-order chi connectivity index (χ0) is 8.53. The third-order valence-corrected chi connectivity index (χ3v) is 1.40. The van der Waals surface area contributed by atoms with Crippen molar-refractivity contribution in [3.8, 4) is 0 Å². The summed E-state index contributed by atoms with van der Waals surface area (Å²) in [6.45, 7) is 0.871. The quantitative estimate of drug-likeness (QED) is 0.462. The molecule has 0 saturated heterocycles. The number of hydroxylamine groups is 1. The average Bonchev–Trinajstić information content (AvgIpc) is 1.99. The second-order valence-corrected chi connectivity index (χ2v) is 2.67. The summed E-state index contributed by atoms with van der Waals surface area (Å²) in [5.41, 5.74) is 2.28. The van der Waals surface area contributed by atoms with Crippen LogP contribution < -0.4 is 5.48 Å². The fourth-order valence-corrected chi connectivity index (χ4v) is 0.738. The minimum Gasteiger partial charge on any atom is -0.382 e. The van der Waals surface area contributed by atoms with Gasteiger partial charge in [0.1, 0.15) is 0 Å². The lowest BCUT2D eigenvalue weighted by atomic mass is 10.7. The van der Waals surface area contributed by atoms with Gasteiger partial charge < -0.3 is 4.74 Å². The molecule has 0 unspecified atom stereocenters. The standard InChI is InChI=1S/C6H13NO3S/c1-9-3-4-10-7-6(8)5-11-2/h3-5H2,1-2H3,(H,7,8). The number of carbonyl (C=O) groups excluding carboxylic acids is 1. The fourth-order valence-electron chi connectivity index (χ4n) is 0.417. The van der Waals surface area contributed by atoms with E-state index in [-0.39, 0.29) is 5.91 Å². The van der Waals surface area contributed by atoms with E-state index < -0.39 is 0 Å². The normalized spacial score (nSPS) is 9.64. The van der Waals surface area contributed by atoms with Crippen LogP contribution in [-0.4, -0.2) is 38.2 Å². The van der Waals surface area contributed by atoms with Crippen molar-refractivity contribution in [1.29, 1.82) is 0 Å². The summed E-state index contributed by atoms with van der Waals surface area (Å²) >= 11 is 1.45. The summed E-state index contributed by atoms with van der Waals surface area (Å²) in [5.74, 6) is 0.307. The molecular formula is C6H13NO3S. The van der Waals surface area contributed by atoms with E-state index in [0.717, 1.165) is 0 Å². The Hall–Kier alpha value is -0.260. The smallest absolute Gasteiger partial charge is 0.253 e. The highest BCUT2D eigenvalue weighted by atomic mass is 32.2. The molecule has 0 aliphatic heterocycles. The van der Waals surface area contributed by atoms with Crippen LogP contribution in [0.4, 0.5) is 0 Å². The van der Waals surface area contributed by atoms with E-state index in [9.17, 15) is 4.79 Å². The molecule has 1 N–H and O–H groups in total. The van der Waals surface area contributed by atoms with Crippen LogP contribution in [0.1, 0.15) is 0 Å². The molecule has 0 heterocycles. The molecule has 0 aromatic carbocycles. The van der Waals surface area contributed by atoms with Crippen molar-refractivity contribution in [2.45, 2.75) is 0 Å².